The fraction of sp³-hybridized carbons (Fsp3) is 0.217. The number of carbonyl (C=O) groups excluding carboxylic acids is 1. The van der Waals surface area contributed by atoms with Crippen LogP contribution < -0.4 is 10.1 Å². The minimum absolute atomic E-state index is 0.0104. The molecule has 0 spiro atoms. The number of amides is 1. The maximum atomic E-state index is 12.3. The number of fused-ring (bicyclic) bond motifs is 2. The molecule has 0 radical (unpaired) electrons. The Morgan fingerprint density at radius 2 is 1.89 bits per heavy atom. The quantitative estimate of drug-likeness (QED) is 0.497. The van der Waals surface area contributed by atoms with E-state index in [0.717, 1.165) is 39.7 Å². The van der Waals surface area contributed by atoms with E-state index in [1.54, 1.807) is 6.20 Å². The lowest BCUT2D eigenvalue weighted by Gasteiger charge is -2.11. The number of nitrogens with zero attached hydrogens (tertiary/aromatic N) is 2. The van der Waals surface area contributed by atoms with Crippen molar-refractivity contribution in [3.05, 3.63) is 72.6 Å². The highest BCUT2D eigenvalue weighted by molar-refractivity contribution is 5.85. The second-order valence-electron chi connectivity index (χ2n) is 6.81. The fourth-order valence-corrected chi connectivity index (χ4v) is 3.43. The molecule has 0 bridgehead atoms. The zero-order valence-corrected chi connectivity index (χ0v) is 15.9. The number of aromatic nitrogens is 2. The van der Waals surface area contributed by atoms with Crippen molar-refractivity contribution in [1.82, 2.24) is 14.9 Å². The molecule has 142 valence electrons. The number of para-hydroxylation sites is 2. The van der Waals surface area contributed by atoms with Gasteiger partial charge in [0.05, 0.1) is 6.61 Å². The SMILES string of the molecule is Cc1cc2ccccc2n1CC(=O)NCCCOc1cccc2cccnc12. The summed E-state index contributed by atoms with van der Waals surface area (Å²) < 4.78 is 7.91. The van der Waals surface area contributed by atoms with E-state index in [1.165, 1.54) is 0 Å². The maximum absolute atomic E-state index is 12.3. The van der Waals surface area contributed by atoms with Gasteiger partial charge in [-0.15, -0.1) is 0 Å². The predicted octanol–water partition coefficient (Wildman–Crippen LogP) is 4.08. The lowest BCUT2D eigenvalue weighted by atomic mass is 10.2. The van der Waals surface area contributed by atoms with E-state index in [0.29, 0.717) is 19.7 Å². The molecule has 2 aromatic carbocycles. The summed E-state index contributed by atoms with van der Waals surface area (Å²) in [6, 6.07) is 20.1. The van der Waals surface area contributed by atoms with Gasteiger partial charge in [0, 0.05) is 29.3 Å². The molecule has 0 aliphatic carbocycles. The van der Waals surface area contributed by atoms with Gasteiger partial charge in [0.15, 0.2) is 0 Å². The standard InChI is InChI=1S/C23H23N3O2/c1-17-15-19-7-2-3-10-20(19)26(17)16-22(27)24-13-6-14-28-21-11-4-8-18-9-5-12-25-23(18)21/h2-5,7-12,15H,6,13-14,16H2,1H3,(H,24,27). The van der Waals surface area contributed by atoms with Gasteiger partial charge in [0.25, 0.3) is 0 Å². The second-order valence-corrected chi connectivity index (χ2v) is 6.81. The Hall–Kier alpha value is -3.34. The molecule has 4 aromatic rings. The third kappa shape index (κ3) is 3.83. The first-order valence-corrected chi connectivity index (χ1v) is 9.50. The molecule has 0 aliphatic rings. The highest BCUT2D eigenvalue weighted by atomic mass is 16.5. The molecule has 1 amide bonds. The van der Waals surface area contributed by atoms with Gasteiger partial charge in [0.1, 0.15) is 17.8 Å². The molecule has 0 atom stereocenters. The number of pyridine rings is 1. The highest BCUT2D eigenvalue weighted by Crippen LogP contribution is 2.23. The smallest absolute Gasteiger partial charge is 0.239 e. The first kappa shape index (κ1) is 18.0. The molecule has 0 saturated carbocycles. The van der Waals surface area contributed by atoms with Gasteiger partial charge < -0.3 is 14.6 Å². The number of rotatable bonds is 7. The van der Waals surface area contributed by atoms with E-state index >= 15 is 0 Å². The van der Waals surface area contributed by atoms with Crippen LogP contribution in [0.5, 0.6) is 5.75 Å². The molecule has 5 nitrogen and oxygen atoms in total. The van der Waals surface area contributed by atoms with Crippen LogP contribution >= 0.6 is 0 Å². The molecule has 5 heteroatoms. The molecule has 0 fully saturated rings. The van der Waals surface area contributed by atoms with Gasteiger partial charge >= 0.3 is 0 Å². The summed E-state index contributed by atoms with van der Waals surface area (Å²) in [7, 11) is 0. The number of aryl methyl sites for hydroxylation is 1. The third-order valence-corrected chi connectivity index (χ3v) is 4.82. The molecule has 0 aliphatic heterocycles. The highest BCUT2D eigenvalue weighted by Gasteiger charge is 2.09. The minimum atomic E-state index is 0.0104. The zero-order chi connectivity index (χ0) is 19.3. The van der Waals surface area contributed by atoms with Crippen molar-refractivity contribution in [2.24, 2.45) is 0 Å². The van der Waals surface area contributed by atoms with Gasteiger partial charge in [0.2, 0.25) is 5.91 Å². The van der Waals surface area contributed by atoms with Crippen molar-refractivity contribution in [3.63, 3.8) is 0 Å². The van der Waals surface area contributed by atoms with E-state index < -0.39 is 0 Å². The van der Waals surface area contributed by atoms with Crippen molar-refractivity contribution in [2.75, 3.05) is 13.2 Å². The first-order valence-electron chi connectivity index (χ1n) is 9.50. The van der Waals surface area contributed by atoms with Crippen LogP contribution in [0.15, 0.2) is 66.9 Å². The van der Waals surface area contributed by atoms with Crippen LogP contribution in [-0.2, 0) is 11.3 Å². The summed E-state index contributed by atoms with van der Waals surface area (Å²) in [4.78, 5) is 16.7. The number of nitrogens with one attached hydrogen (secondary N) is 1. The number of carbonyl (C=O) groups is 1. The van der Waals surface area contributed by atoms with E-state index in [4.69, 9.17) is 4.74 Å². The molecule has 0 unspecified atom stereocenters. The molecule has 4 rings (SSSR count). The van der Waals surface area contributed by atoms with Crippen LogP contribution in [0.1, 0.15) is 12.1 Å². The van der Waals surface area contributed by atoms with Crippen molar-refractivity contribution >= 4 is 27.7 Å². The summed E-state index contributed by atoms with van der Waals surface area (Å²) in [6.07, 6.45) is 2.50. The number of hydrogen-bond donors (Lipinski definition) is 1. The molecular formula is C23H23N3O2. The van der Waals surface area contributed by atoms with E-state index in [2.05, 4.69) is 22.4 Å². The second kappa shape index (κ2) is 8.13. The Labute approximate surface area is 164 Å². The summed E-state index contributed by atoms with van der Waals surface area (Å²) in [5.41, 5.74) is 3.04. The van der Waals surface area contributed by atoms with Crippen LogP contribution in [0.2, 0.25) is 0 Å². The maximum Gasteiger partial charge on any atom is 0.239 e. The molecule has 2 heterocycles. The Bertz CT molecular complexity index is 1110. The summed E-state index contributed by atoms with van der Waals surface area (Å²) in [6.45, 7) is 3.46. The molecule has 2 aromatic heterocycles. The van der Waals surface area contributed by atoms with Gasteiger partial charge in [-0.3, -0.25) is 9.78 Å². The van der Waals surface area contributed by atoms with Crippen LogP contribution in [0.4, 0.5) is 0 Å². The topological polar surface area (TPSA) is 56.2 Å². The Morgan fingerprint density at radius 3 is 2.82 bits per heavy atom. The van der Waals surface area contributed by atoms with Crippen LogP contribution in [-0.4, -0.2) is 28.6 Å². The van der Waals surface area contributed by atoms with Gasteiger partial charge in [-0.05, 0) is 43.0 Å². The van der Waals surface area contributed by atoms with Gasteiger partial charge in [-0.1, -0.05) is 36.4 Å². The Kier molecular flexibility index (Phi) is 5.24. The number of hydrogen-bond acceptors (Lipinski definition) is 3. The van der Waals surface area contributed by atoms with Crippen molar-refractivity contribution in [1.29, 1.82) is 0 Å². The largest absolute Gasteiger partial charge is 0.491 e. The molecular weight excluding hydrogens is 350 g/mol. The first-order chi connectivity index (χ1) is 13.7. The van der Waals surface area contributed by atoms with E-state index in [-0.39, 0.29) is 5.91 Å². The van der Waals surface area contributed by atoms with E-state index in [1.807, 2.05) is 60.0 Å². The van der Waals surface area contributed by atoms with Gasteiger partial charge in [-0.2, -0.15) is 0 Å². The lowest BCUT2D eigenvalue weighted by Crippen LogP contribution is -2.29. The molecule has 1 N–H and O–H groups in total. The van der Waals surface area contributed by atoms with Gasteiger partial charge in [-0.25, -0.2) is 0 Å². The summed E-state index contributed by atoms with van der Waals surface area (Å²) >= 11 is 0. The Balaban J connectivity index is 1.27. The normalized spacial score (nSPS) is 11.0. The van der Waals surface area contributed by atoms with Crippen molar-refractivity contribution in [2.45, 2.75) is 19.9 Å². The minimum Gasteiger partial charge on any atom is -0.491 e. The summed E-state index contributed by atoms with van der Waals surface area (Å²) in [5.74, 6) is 0.787. The average molecular weight is 373 g/mol. The van der Waals surface area contributed by atoms with Crippen molar-refractivity contribution < 1.29 is 9.53 Å². The fourth-order valence-electron chi connectivity index (χ4n) is 3.43. The van der Waals surface area contributed by atoms with Crippen LogP contribution in [0, 0.1) is 6.92 Å². The van der Waals surface area contributed by atoms with Crippen LogP contribution in [0.3, 0.4) is 0 Å². The number of benzene rings is 2. The number of ether oxygens (including phenoxy) is 1. The molecule has 0 saturated heterocycles. The third-order valence-electron chi connectivity index (χ3n) is 4.82. The zero-order valence-electron chi connectivity index (χ0n) is 15.9. The average Bonchev–Trinajstić information content (AvgIpc) is 3.03. The Morgan fingerprint density at radius 1 is 1.07 bits per heavy atom. The van der Waals surface area contributed by atoms with Crippen molar-refractivity contribution in [3.8, 4) is 5.75 Å². The monoisotopic (exact) mass is 373 g/mol. The lowest BCUT2D eigenvalue weighted by molar-refractivity contribution is -0.121. The summed E-state index contributed by atoms with van der Waals surface area (Å²) in [5, 5.41) is 5.20. The molecule has 28 heavy (non-hydrogen) atoms. The predicted molar refractivity (Wildman–Crippen MR) is 112 cm³/mol. The van der Waals surface area contributed by atoms with Crippen LogP contribution in [0.25, 0.3) is 21.8 Å². The van der Waals surface area contributed by atoms with E-state index in [9.17, 15) is 4.79 Å².